The van der Waals surface area contributed by atoms with Gasteiger partial charge in [-0.3, -0.25) is 0 Å². The second-order valence-corrected chi connectivity index (χ2v) is 5.39. The molecule has 9 heteroatoms. The van der Waals surface area contributed by atoms with Crippen LogP contribution < -0.4 is 0 Å². The predicted molar refractivity (Wildman–Crippen MR) is 66.1 cm³/mol. The number of aliphatic hydroxyl groups is 6. The summed E-state index contributed by atoms with van der Waals surface area (Å²) in [5.41, 5.74) is 0. The van der Waals surface area contributed by atoms with Crippen molar-refractivity contribution in [2.75, 3.05) is 13.2 Å². The van der Waals surface area contributed by atoms with Gasteiger partial charge in [0, 0.05) is 0 Å². The molecule has 2 fully saturated rings. The van der Waals surface area contributed by atoms with E-state index in [1.807, 2.05) is 0 Å². The van der Waals surface area contributed by atoms with Gasteiger partial charge in [0.1, 0.15) is 42.7 Å². The summed E-state index contributed by atoms with van der Waals surface area (Å²) in [6.07, 6.45) is -11.1. The van der Waals surface area contributed by atoms with E-state index in [1.54, 1.807) is 6.92 Å². The van der Waals surface area contributed by atoms with E-state index in [-0.39, 0.29) is 6.61 Å². The van der Waals surface area contributed by atoms with Gasteiger partial charge >= 0.3 is 0 Å². The normalized spacial score (nSPS) is 51.9. The Hall–Kier alpha value is -0.360. The van der Waals surface area contributed by atoms with Gasteiger partial charge in [-0.15, -0.1) is 0 Å². The third kappa shape index (κ3) is 3.36. The highest BCUT2D eigenvalue weighted by Crippen LogP contribution is 2.26. The molecule has 2 rings (SSSR count). The summed E-state index contributed by atoms with van der Waals surface area (Å²) in [7, 11) is 0. The molecule has 9 nitrogen and oxygen atoms in total. The molecule has 2 aliphatic rings. The van der Waals surface area contributed by atoms with Crippen LogP contribution in [0.15, 0.2) is 0 Å². The fraction of sp³-hybridized carbons (Fsp3) is 1.00. The van der Waals surface area contributed by atoms with E-state index in [2.05, 4.69) is 0 Å². The first-order valence-electron chi connectivity index (χ1n) is 6.80. The molecule has 0 bridgehead atoms. The second-order valence-electron chi connectivity index (χ2n) is 5.39. The van der Waals surface area contributed by atoms with E-state index in [9.17, 15) is 25.5 Å². The molecule has 124 valence electrons. The van der Waals surface area contributed by atoms with Gasteiger partial charge in [-0.05, 0) is 6.92 Å². The molecular formula is C12H22O9. The Morgan fingerprint density at radius 1 is 1.00 bits per heavy atom. The zero-order valence-electron chi connectivity index (χ0n) is 11.5. The van der Waals surface area contributed by atoms with Crippen molar-refractivity contribution in [3.05, 3.63) is 0 Å². The van der Waals surface area contributed by atoms with Gasteiger partial charge in [0.2, 0.25) is 0 Å². The molecular weight excluding hydrogens is 288 g/mol. The highest BCUT2D eigenvalue weighted by Gasteiger charge is 2.47. The fourth-order valence-electron chi connectivity index (χ4n) is 2.44. The number of ether oxygens (including phenoxy) is 3. The summed E-state index contributed by atoms with van der Waals surface area (Å²) < 4.78 is 15.6. The molecule has 0 radical (unpaired) electrons. The molecule has 0 amide bonds. The molecule has 2 aliphatic heterocycles. The summed E-state index contributed by atoms with van der Waals surface area (Å²) >= 11 is 0. The van der Waals surface area contributed by atoms with Gasteiger partial charge in [-0.25, -0.2) is 0 Å². The molecule has 0 saturated carbocycles. The zero-order chi connectivity index (χ0) is 15.7. The van der Waals surface area contributed by atoms with E-state index in [4.69, 9.17) is 19.3 Å². The van der Waals surface area contributed by atoms with Crippen LogP contribution in [0.5, 0.6) is 0 Å². The lowest BCUT2D eigenvalue weighted by Gasteiger charge is -2.43. The third-order valence-electron chi connectivity index (χ3n) is 3.87. The molecule has 0 spiro atoms. The Kier molecular flexibility index (Phi) is 5.52. The fourth-order valence-corrected chi connectivity index (χ4v) is 2.44. The van der Waals surface area contributed by atoms with Crippen LogP contribution in [0.4, 0.5) is 0 Å². The van der Waals surface area contributed by atoms with Crippen LogP contribution in [0.2, 0.25) is 0 Å². The van der Waals surface area contributed by atoms with Crippen molar-refractivity contribution in [3.63, 3.8) is 0 Å². The van der Waals surface area contributed by atoms with Crippen LogP contribution in [-0.2, 0) is 14.2 Å². The van der Waals surface area contributed by atoms with Crippen LogP contribution in [0.1, 0.15) is 6.92 Å². The summed E-state index contributed by atoms with van der Waals surface area (Å²) in [6.45, 7) is 0.959. The Balaban J connectivity index is 2.06. The zero-order valence-corrected chi connectivity index (χ0v) is 11.5. The van der Waals surface area contributed by atoms with Gasteiger partial charge in [0.05, 0.1) is 19.3 Å². The molecule has 0 aliphatic carbocycles. The monoisotopic (exact) mass is 310 g/mol. The Labute approximate surface area is 121 Å². The Morgan fingerprint density at radius 2 is 1.67 bits per heavy atom. The largest absolute Gasteiger partial charge is 0.394 e. The molecule has 0 aromatic carbocycles. The topological polar surface area (TPSA) is 149 Å². The van der Waals surface area contributed by atoms with Crippen molar-refractivity contribution in [1.29, 1.82) is 0 Å². The van der Waals surface area contributed by atoms with Crippen LogP contribution in [0.3, 0.4) is 0 Å². The summed E-state index contributed by atoms with van der Waals surface area (Å²) in [5, 5.41) is 58.0. The second kappa shape index (κ2) is 6.82. The smallest absolute Gasteiger partial charge is 0.187 e. The summed E-state index contributed by atoms with van der Waals surface area (Å²) in [5.74, 6) is 0. The van der Waals surface area contributed by atoms with E-state index in [0.717, 1.165) is 0 Å². The summed E-state index contributed by atoms with van der Waals surface area (Å²) in [6, 6.07) is 0. The molecule has 0 unspecified atom stereocenters. The molecule has 2 saturated heterocycles. The van der Waals surface area contributed by atoms with Crippen molar-refractivity contribution >= 4 is 0 Å². The standard InChI is InChI=1S/C12H22O9/c1-4-7(15)11(5(14)3-19-4)21-12-10(18)9(17)8(16)6(2-13)20-12/h4-18H,2-3H2,1H3/t4-,5-,6-,7-,8-,9+,10+,11-,12-/m1/s1. The minimum Gasteiger partial charge on any atom is -0.394 e. The van der Waals surface area contributed by atoms with Crippen LogP contribution >= 0.6 is 0 Å². The highest BCUT2D eigenvalue weighted by atomic mass is 16.7. The Bertz CT molecular complexity index is 339. The minimum atomic E-state index is -1.58. The molecule has 0 aromatic heterocycles. The Morgan fingerprint density at radius 3 is 2.29 bits per heavy atom. The lowest BCUT2D eigenvalue weighted by Crippen LogP contribution is -2.62. The lowest BCUT2D eigenvalue weighted by molar-refractivity contribution is -0.334. The van der Waals surface area contributed by atoms with Crippen molar-refractivity contribution in [2.24, 2.45) is 0 Å². The average molecular weight is 310 g/mol. The minimum absolute atomic E-state index is 0.0552. The van der Waals surface area contributed by atoms with E-state index in [0.29, 0.717) is 0 Å². The molecule has 21 heavy (non-hydrogen) atoms. The first-order chi connectivity index (χ1) is 9.86. The lowest BCUT2D eigenvalue weighted by atomic mass is 9.98. The number of rotatable bonds is 3. The van der Waals surface area contributed by atoms with E-state index >= 15 is 0 Å². The van der Waals surface area contributed by atoms with Gasteiger partial charge in [0.15, 0.2) is 6.29 Å². The van der Waals surface area contributed by atoms with Crippen molar-refractivity contribution in [3.8, 4) is 0 Å². The number of aliphatic hydroxyl groups excluding tert-OH is 6. The molecule has 0 aromatic rings. The van der Waals surface area contributed by atoms with Gasteiger partial charge in [0.25, 0.3) is 0 Å². The predicted octanol–water partition coefficient (Wildman–Crippen LogP) is -3.69. The quantitative estimate of drug-likeness (QED) is 0.310. The van der Waals surface area contributed by atoms with Gasteiger partial charge in [-0.1, -0.05) is 0 Å². The van der Waals surface area contributed by atoms with Crippen molar-refractivity contribution in [2.45, 2.75) is 62.0 Å². The van der Waals surface area contributed by atoms with Crippen molar-refractivity contribution < 1.29 is 44.8 Å². The maximum atomic E-state index is 9.96. The van der Waals surface area contributed by atoms with Gasteiger partial charge < -0.3 is 44.8 Å². The number of hydrogen-bond donors (Lipinski definition) is 6. The van der Waals surface area contributed by atoms with Crippen molar-refractivity contribution in [1.82, 2.24) is 0 Å². The first-order valence-corrected chi connectivity index (χ1v) is 6.80. The third-order valence-corrected chi connectivity index (χ3v) is 3.87. The maximum Gasteiger partial charge on any atom is 0.187 e. The SMILES string of the molecule is C[C@H]1OC[C@@H](O)[C@@H](O[C@H]2O[C@H](CO)[C@@H](O)[C@H](O)[C@@H]2O)[C@@H]1O. The van der Waals surface area contributed by atoms with E-state index in [1.165, 1.54) is 0 Å². The first kappa shape index (κ1) is 17.0. The number of hydrogen-bond acceptors (Lipinski definition) is 9. The maximum absolute atomic E-state index is 9.96. The van der Waals surface area contributed by atoms with E-state index < -0.39 is 61.7 Å². The molecule has 6 N–H and O–H groups in total. The molecule has 2 heterocycles. The highest BCUT2D eigenvalue weighted by molar-refractivity contribution is 4.92. The average Bonchev–Trinajstić information content (AvgIpc) is 2.47. The summed E-state index contributed by atoms with van der Waals surface area (Å²) in [4.78, 5) is 0. The molecule has 9 atom stereocenters. The van der Waals surface area contributed by atoms with Crippen LogP contribution in [0, 0.1) is 0 Å². The van der Waals surface area contributed by atoms with Crippen LogP contribution in [0.25, 0.3) is 0 Å². The van der Waals surface area contributed by atoms with Crippen LogP contribution in [-0.4, -0.2) is 99.0 Å². The van der Waals surface area contributed by atoms with Gasteiger partial charge in [-0.2, -0.15) is 0 Å².